The summed E-state index contributed by atoms with van der Waals surface area (Å²) in [6, 6.07) is 15.0. The molecule has 0 saturated heterocycles. The molecule has 12 rings (SSSR count). The molecular weight excluding hydrogens is 883 g/mol. The van der Waals surface area contributed by atoms with E-state index in [1.54, 1.807) is 60.7 Å². The molecule has 0 aliphatic heterocycles. The molecule has 0 heterocycles. The van der Waals surface area contributed by atoms with Crippen LogP contribution in [0.5, 0.6) is 0 Å². The van der Waals surface area contributed by atoms with Crippen LogP contribution in [0.25, 0.3) is 76.8 Å². The Morgan fingerprint density at radius 1 is 0.333 bits per heavy atom. The highest BCUT2D eigenvalue weighted by Crippen LogP contribution is 2.52. The fourth-order valence-corrected chi connectivity index (χ4v) is 9.55. The number of rotatable bonds is 10. The first kappa shape index (κ1) is 27.5. The summed E-state index contributed by atoms with van der Waals surface area (Å²) in [5.41, 5.74) is 0.890. The summed E-state index contributed by atoms with van der Waals surface area (Å²) in [7, 11) is 0. The van der Waals surface area contributed by atoms with E-state index in [4.69, 9.17) is 21.9 Å². The van der Waals surface area contributed by atoms with Crippen LogP contribution in [-0.2, 0) is 0 Å². The largest absolute Gasteiger partial charge is 0.307 e. The smallest absolute Gasteiger partial charge is 0.148 e. The Morgan fingerprint density at radius 2 is 0.681 bits per heavy atom. The Morgan fingerprint density at radius 3 is 1.04 bits per heavy atom. The molecule has 12 aromatic rings. The predicted octanol–water partition coefficient (Wildman–Crippen LogP) is 19.7. The van der Waals surface area contributed by atoms with Gasteiger partial charge in [0.05, 0.1) is 50.2 Å². The average molecular weight is 953 g/mol. The lowest BCUT2D eigenvalue weighted by molar-refractivity contribution is 0.629. The molecule has 0 bridgehead atoms. The zero-order valence-corrected chi connectivity index (χ0v) is 39.0. The normalized spacial score (nSPS) is 15.4. The van der Waals surface area contributed by atoms with Crippen molar-refractivity contribution in [1.82, 2.24) is 0 Å². The van der Waals surface area contributed by atoms with Crippen molar-refractivity contribution in [3.8, 4) is 44.5 Å². The second kappa shape index (κ2) is 18.1. The summed E-state index contributed by atoms with van der Waals surface area (Å²) >= 11 is 0. The van der Waals surface area contributed by atoms with Crippen LogP contribution in [0, 0.1) is 39.3 Å². The maximum atomic E-state index is 18.5. The Hall–Kier alpha value is -8.86. The van der Waals surface area contributed by atoms with Gasteiger partial charge in [0.1, 0.15) is 11.6 Å². The molecule has 0 amide bonds. The van der Waals surface area contributed by atoms with Gasteiger partial charge in [0.15, 0.2) is 0 Å². The van der Waals surface area contributed by atoms with Gasteiger partial charge in [0, 0.05) is 33.3 Å². The Kier molecular flexibility index (Phi) is 6.93. The number of hydrogen-bond acceptors (Lipinski definition) is 2. The van der Waals surface area contributed by atoms with Crippen molar-refractivity contribution >= 4 is 66.4 Å². The van der Waals surface area contributed by atoms with Crippen molar-refractivity contribution in [3.63, 3.8) is 0 Å². The van der Waals surface area contributed by atoms with E-state index in [1.165, 1.54) is 21.9 Å². The van der Waals surface area contributed by atoms with E-state index in [0.29, 0.717) is 43.7 Å². The monoisotopic (exact) mass is 953 g/mol. The molecule has 2 nitrogen and oxygen atoms in total. The van der Waals surface area contributed by atoms with Crippen LogP contribution in [0.1, 0.15) is 49.7 Å². The molecule has 0 aromatic heterocycles. The van der Waals surface area contributed by atoms with Gasteiger partial charge >= 0.3 is 0 Å². The van der Waals surface area contributed by atoms with Crippen molar-refractivity contribution in [2.75, 3.05) is 9.80 Å². The summed E-state index contributed by atoms with van der Waals surface area (Å²) in [6.45, 7) is 7.43. The minimum atomic E-state index is -1.08. The molecule has 0 aliphatic carbocycles. The van der Waals surface area contributed by atoms with Crippen LogP contribution >= 0.6 is 0 Å². The quantitative estimate of drug-likeness (QED) is 0.126. The second-order valence-electron chi connectivity index (χ2n) is 17.5. The van der Waals surface area contributed by atoms with E-state index in [2.05, 4.69) is 0 Å². The van der Waals surface area contributed by atoms with Crippen LogP contribution in [0.3, 0.4) is 0 Å². The van der Waals surface area contributed by atoms with Gasteiger partial charge in [-0.2, -0.15) is 0 Å². The maximum Gasteiger partial charge on any atom is 0.148 e. The number of hydrogen-bond donors (Lipinski definition) is 0. The molecule has 0 spiro atoms. The number of nitrogens with zero attached hydrogens (tertiary/aromatic N) is 2. The molecule has 12 aromatic carbocycles. The van der Waals surface area contributed by atoms with E-state index in [1.807, 2.05) is 52.0 Å². The van der Waals surface area contributed by atoms with E-state index < -0.39 is 155 Å². The van der Waals surface area contributed by atoms with Crippen LogP contribution in [0.2, 0.25) is 0 Å². The summed E-state index contributed by atoms with van der Waals surface area (Å²) in [4.78, 5) is 3.08. The van der Waals surface area contributed by atoms with Crippen LogP contribution in [0.15, 0.2) is 230 Å². The topological polar surface area (TPSA) is 6.48 Å². The molecule has 0 aliphatic rings. The second-order valence-corrected chi connectivity index (χ2v) is 17.5. The number of anilines is 6. The molecule has 0 unspecified atom stereocenters. The van der Waals surface area contributed by atoms with Gasteiger partial charge in [0.2, 0.25) is 0 Å². The van der Waals surface area contributed by atoms with Crippen LogP contribution in [0.4, 0.5) is 42.9 Å². The zero-order chi connectivity index (χ0) is 66.4. The average Bonchev–Trinajstić information content (AvgIpc) is 0.720. The molecule has 0 fully saturated rings. The summed E-state index contributed by atoms with van der Waals surface area (Å²) in [5, 5.41) is 3.35. The molecule has 4 heteroatoms. The van der Waals surface area contributed by atoms with Gasteiger partial charge in [-0.25, -0.2) is 8.78 Å². The molecule has 0 saturated carbocycles. The van der Waals surface area contributed by atoms with Crippen molar-refractivity contribution in [2.45, 2.75) is 27.7 Å². The standard InChI is InChI=1S/C68H50F2N2/c1-43-25-31-55(37-45(43)3)71(67-59(49-21-13-7-14-22-49)39-53(41-61(67)69)47-17-9-5-10-18-47)63-35-29-51-28-34-58-64(36-30-52-27-33-57(63)65(51)66(52)58)72(56-32-26-44(2)46(4)38-56)68-60(50-23-15-8-16-24-50)40-54(42-62(68)70)48-19-11-6-12-20-48/h5-42H,1-4H3/i5D,6D,7D,8D,9D,10D,11D,12D,13D,14D,15D,16D,17D,18D,19D,20D,21D,22D,23D,24D. The van der Waals surface area contributed by atoms with Gasteiger partial charge in [-0.15, -0.1) is 0 Å². The molecule has 0 atom stereocenters. The molecule has 0 N–H and O–H groups in total. The highest BCUT2D eigenvalue weighted by molar-refractivity contribution is 6.28. The highest BCUT2D eigenvalue weighted by atomic mass is 19.1. The van der Waals surface area contributed by atoms with Gasteiger partial charge in [0.25, 0.3) is 0 Å². The molecule has 346 valence electrons. The van der Waals surface area contributed by atoms with E-state index >= 15 is 8.78 Å². The van der Waals surface area contributed by atoms with Crippen molar-refractivity contribution in [3.05, 3.63) is 264 Å². The summed E-state index contributed by atoms with van der Waals surface area (Å²) < 4.78 is 213. The number of halogens is 2. The van der Waals surface area contributed by atoms with Gasteiger partial charge in [-0.1, -0.05) is 169 Å². The zero-order valence-electron chi connectivity index (χ0n) is 59.0. The Bertz CT molecular complexity index is 4790. The fraction of sp³-hybridized carbons (Fsp3) is 0.0588. The van der Waals surface area contributed by atoms with E-state index in [0.717, 1.165) is 34.4 Å². The lowest BCUT2D eigenvalue weighted by atomic mass is 9.90. The lowest BCUT2D eigenvalue weighted by Gasteiger charge is -2.32. The van der Waals surface area contributed by atoms with Gasteiger partial charge < -0.3 is 9.80 Å². The predicted molar refractivity (Wildman–Crippen MR) is 300 cm³/mol. The summed E-state index contributed by atoms with van der Waals surface area (Å²) in [6.07, 6.45) is 0. The first-order valence-electron chi connectivity index (χ1n) is 32.9. The maximum absolute atomic E-state index is 18.5. The molecule has 0 radical (unpaired) electrons. The first-order chi connectivity index (χ1) is 43.5. The van der Waals surface area contributed by atoms with Crippen LogP contribution in [-0.4, -0.2) is 0 Å². The fourth-order valence-electron chi connectivity index (χ4n) is 9.55. The lowest BCUT2D eigenvalue weighted by Crippen LogP contribution is -2.15. The third-order valence-electron chi connectivity index (χ3n) is 13.3. The van der Waals surface area contributed by atoms with Crippen molar-refractivity contribution in [1.29, 1.82) is 0 Å². The molecular formula is C68H50F2N2. The van der Waals surface area contributed by atoms with Gasteiger partial charge in [-0.05, 0) is 166 Å². The SMILES string of the molecule is [2H]c1c([2H])c([2H])c(-c2cc(F)c(N(c3ccc(C)c(C)c3)c3ccc4ccc5c(N(c6ccc(C)c(C)c6)c6c(F)cc(-c7c([2H])c([2H])c([2H])c([2H])c7[2H])cc6-c6c([2H])c([2H])c([2H])c([2H])c6[2H])ccc6ccc3c4c65)c(-c3c([2H])c([2H])c([2H])c([2H])c3[2H])c2)c([2H])c1[2H]. The first-order valence-corrected chi connectivity index (χ1v) is 22.9. The third-order valence-corrected chi connectivity index (χ3v) is 13.3. The Balaban J connectivity index is 1.20. The van der Waals surface area contributed by atoms with Crippen LogP contribution < -0.4 is 9.80 Å². The van der Waals surface area contributed by atoms with E-state index in [9.17, 15) is 5.48 Å². The van der Waals surface area contributed by atoms with E-state index in [-0.39, 0.29) is 45.0 Å². The third kappa shape index (κ3) is 7.73. The number of aryl methyl sites for hydroxylation is 4. The van der Waals surface area contributed by atoms with Gasteiger partial charge in [-0.3, -0.25) is 0 Å². The van der Waals surface area contributed by atoms with Crippen molar-refractivity contribution < 1.29 is 36.2 Å². The minimum Gasteiger partial charge on any atom is -0.307 e. The molecule has 72 heavy (non-hydrogen) atoms. The minimum absolute atomic E-state index is 0.254. The summed E-state index contributed by atoms with van der Waals surface area (Å²) in [5.74, 6) is -2.17. The number of benzene rings is 12. The highest BCUT2D eigenvalue weighted by Gasteiger charge is 2.28. The van der Waals surface area contributed by atoms with Crippen molar-refractivity contribution in [2.24, 2.45) is 0 Å². The Labute approximate surface area is 447 Å².